The van der Waals surface area contributed by atoms with Gasteiger partial charge in [0.1, 0.15) is 23.2 Å². The van der Waals surface area contributed by atoms with E-state index < -0.39 is 23.6 Å². The van der Waals surface area contributed by atoms with Crippen LogP contribution in [0.4, 0.5) is 4.39 Å². The Bertz CT molecular complexity index is 928. The Morgan fingerprint density at radius 3 is 2.38 bits per heavy atom. The van der Waals surface area contributed by atoms with Gasteiger partial charge in [0, 0.05) is 12.0 Å². The molecule has 0 radical (unpaired) electrons. The molecule has 0 heterocycles. The lowest BCUT2D eigenvalue weighted by Gasteiger charge is -2.29. The molecule has 2 atom stereocenters. The second-order valence-corrected chi connectivity index (χ2v) is 6.77. The maximum atomic E-state index is 13.9. The van der Waals surface area contributed by atoms with Gasteiger partial charge in [0.2, 0.25) is 0 Å². The highest BCUT2D eigenvalue weighted by Crippen LogP contribution is 2.41. The highest BCUT2D eigenvalue weighted by molar-refractivity contribution is 6.10. The first-order chi connectivity index (χ1) is 14.0. The quantitative estimate of drug-likeness (QED) is 0.540. The summed E-state index contributed by atoms with van der Waals surface area (Å²) >= 11 is 0. The first-order valence-corrected chi connectivity index (χ1v) is 9.36. The Labute approximate surface area is 169 Å². The fourth-order valence-electron chi connectivity index (χ4n) is 3.63. The number of halogens is 1. The van der Waals surface area contributed by atoms with Crippen molar-refractivity contribution >= 4 is 17.3 Å². The summed E-state index contributed by atoms with van der Waals surface area (Å²) in [6.45, 7) is 1.86. The molecular formula is C23H23FO5. The number of methoxy groups -OCH3 is 2. The van der Waals surface area contributed by atoms with E-state index in [0.717, 1.165) is 11.1 Å². The molecule has 0 aromatic heterocycles. The molecule has 6 heteroatoms. The summed E-state index contributed by atoms with van der Waals surface area (Å²) in [6, 6.07) is 11.3. The molecule has 2 aromatic rings. The summed E-state index contributed by atoms with van der Waals surface area (Å²) < 4.78 is 29.6. The smallest absolute Gasteiger partial charge is 0.317 e. The Balaban J connectivity index is 2.07. The molecule has 0 aliphatic heterocycles. The molecule has 29 heavy (non-hydrogen) atoms. The van der Waals surface area contributed by atoms with Crippen LogP contribution in [0.15, 0.2) is 48.5 Å². The minimum Gasteiger partial charge on any atom is -0.497 e. The van der Waals surface area contributed by atoms with Crippen LogP contribution in [0.5, 0.6) is 11.5 Å². The summed E-state index contributed by atoms with van der Waals surface area (Å²) in [7, 11) is 3.09. The average molecular weight is 398 g/mol. The Morgan fingerprint density at radius 2 is 1.79 bits per heavy atom. The van der Waals surface area contributed by atoms with E-state index in [1.807, 2.05) is 0 Å². The van der Waals surface area contributed by atoms with E-state index in [4.69, 9.17) is 14.2 Å². The van der Waals surface area contributed by atoms with Crippen molar-refractivity contribution in [1.29, 1.82) is 0 Å². The van der Waals surface area contributed by atoms with Crippen LogP contribution < -0.4 is 9.47 Å². The number of allylic oxidation sites excluding steroid dienone is 2. The van der Waals surface area contributed by atoms with E-state index in [1.54, 1.807) is 51.5 Å². The van der Waals surface area contributed by atoms with E-state index in [9.17, 15) is 14.0 Å². The normalized spacial score (nSPS) is 18.8. The third-order valence-electron chi connectivity index (χ3n) is 5.00. The van der Waals surface area contributed by atoms with Crippen LogP contribution in [0.2, 0.25) is 0 Å². The van der Waals surface area contributed by atoms with Gasteiger partial charge in [0.25, 0.3) is 0 Å². The second kappa shape index (κ2) is 8.90. The number of carbonyl (C=O) groups excluding carboxylic acids is 2. The number of benzene rings is 2. The fraction of sp³-hybridized carbons (Fsp3) is 0.304. The van der Waals surface area contributed by atoms with E-state index >= 15 is 0 Å². The Morgan fingerprint density at radius 1 is 1.10 bits per heavy atom. The van der Waals surface area contributed by atoms with Crippen LogP contribution in [0.1, 0.15) is 30.4 Å². The molecule has 152 valence electrons. The van der Waals surface area contributed by atoms with Crippen LogP contribution in [-0.4, -0.2) is 32.6 Å². The van der Waals surface area contributed by atoms with Gasteiger partial charge in [-0.3, -0.25) is 9.59 Å². The zero-order chi connectivity index (χ0) is 21.0. The highest BCUT2D eigenvalue weighted by Gasteiger charge is 2.40. The second-order valence-electron chi connectivity index (χ2n) is 6.77. The topological polar surface area (TPSA) is 61.8 Å². The average Bonchev–Trinajstić information content (AvgIpc) is 2.72. The van der Waals surface area contributed by atoms with Gasteiger partial charge in [-0.05, 0) is 60.4 Å². The van der Waals surface area contributed by atoms with Crippen molar-refractivity contribution < 1.29 is 28.2 Å². The number of ketones is 1. The van der Waals surface area contributed by atoms with Gasteiger partial charge in [0.15, 0.2) is 5.78 Å². The van der Waals surface area contributed by atoms with Crippen molar-refractivity contribution in [3.63, 3.8) is 0 Å². The zero-order valence-electron chi connectivity index (χ0n) is 16.6. The van der Waals surface area contributed by atoms with E-state index in [-0.39, 0.29) is 12.4 Å². The van der Waals surface area contributed by atoms with Crippen molar-refractivity contribution in [3.8, 4) is 11.5 Å². The van der Waals surface area contributed by atoms with Crippen LogP contribution >= 0.6 is 0 Å². The van der Waals surface area contributed by atoms with Crippen LogP contribution in [-0.2, 0) is 14.3 Å². The molecule has 0 saturated carbocycles. The van der Waals surface area contributed by atoms with Crippen LogP contribution in [0, 0.1) is 11.7 Å². The molecule has 0 saturated heterocycles. The van der Waals surface area contributed by atoms with Crippen molar-refractivity contribution in [3.05, 3.63) is 65.5 Å². The molecule has 3 rings (SSSR count). The molecule has 5 nitrogen and oxygen atoms in total. The zero-order valence-corrected chi connectivity index (χ0v) is 16.6. The molecular weight excluding hydrogens is 375 g/mol. The maximum Gasteiger partial charge on any atom is 0.317 e. The van der Waals surface area contributed by atoms with Crippen molar-refractivity contribution in [2.45, 2.75) is 19.3 Å². The Kier molecular flexibility index (Phi) is 6.32. The lowest BCUT2D eigenvalue weighted by atomic mass is 9.73. The lowest BCUT2D eigenvalue weighted by molar-refractivity contribution is -0.151. The molecule has 0 unspecified atom stereocenters. The number of hydrogen-bond donors (Lipinski definition) is 0. The third-order valence-corrected chi connectivity index (χ3v) is 5.00. The van der Waals surface area contributed by atoms with E-state index in [1.165, 1.54) is 18.2 Å². The van der Waals surface area contributed by atoms with E-state index in [2.05, 4.69) is 0 Å². The molecule has 2 aromatic carbocycles. The molecule has 0 amide bonds. The maximum absolute atomic E-state index is 13.9. The first kappa shape index (κ1) is 20.6. The fourth-order valence-corrected chi connectivity index (χ4v) is 3.63. The monoisotopic (exact) mass is 398 g/mol. The third kappa shape index (κ3) is 4.47. The summed E-state index contributed by atoms with van der Waals surface area (Å²) in [4.78, 5) is 25.5. The van der Waals surface area contributed by atoms with Gasteiger partial charge in [-0.1, -0.05) is 12.1 Å². The summed E-state index contributed by atoms with van der Waals surface area (Å²) in [6.07, 6.45) is 1.83. The van der Waals surface area contributed by atoms with Gasteiger partial charge in [0.05, 0.1) is 20.8 Å². The van der Waals surface area contributed by atoms with Gasteiger partial charge in [-0.15, -0.1) is 0 Å². The summed E-state index contributed by atoms with van der Waals surface area (Å²) in [5.74, 6) is -1.74. The van der Waals surface area contributed by atoms with Crippen LogP contribution in [0.25, 0.3) is 5.57 Å². The summed E-state index contributed by atoms with van der Waals surface area (Å²) in [5.41, 5.74) is 2.05. The predicted molar refractivity (Wildman–Crippen MR) is 106 cm³/mol. The van der Waals surface area contributed by atoms with Gasteiger partial charge < -0.3 is 14.2 Å². The number of hydrogen-bond acceptors (Lipinski definition) is 5. The first-order valence-electron chi connectivity index (χ1n) is 9.36. The lowest BCUT2D eigenvalue weighted by Crippen LogP contribution is -2.34. The number of carbonyl (C=O) groups is 2. The van der Waals surface area contributed by atoms with Crippen LogP contribution in [0.3, 0.4) is 0 Å². The number of rotatable bonds is 6. The molecule has 0 N–H and O–H groups in total. The molecule has 0 fully saturated rings. The standard InChI is InChI=1S/C23H23FO5/c1-4-29-23(26)22-20(14-6-5-7-17(24)8-14)11-16(12-21(22)25)15-9-18(27-2)13-19(10-15)28-3/h5-10,12-13,20,22H,4,11H2,1-3H3/t20-,22+/m1/s1. The van der Waals surface area contributed by atoms with Gasteiger partial charge >= 0.3 is 5.97 Å². The molecule has 1 aliphatic rings. The predicted octanol–water partition coefficient (Wildman–Crippen LogP) is 4.16. The Hall–Kier alpha value is -3.15. The highest BCUT2D eigenvalue weighted by atomic mass is 19.1. The summed E-state index contributed by atoms with van der Waals surface area (Å²) in [5, 5.41) is 0. The number of ether oxygens (including phenoxy) is 3. The molecule has 0 spiro atoms. The minimum absolute atomic E-state index is 0.169. The molecule has 0 bridgehead atoms. The number of esters is 1. The van der Waals surface area contributed by atoms with Crippen molar-refractivity contribution in [1.82, 2.24) is 0 Å². The minimum atomic E-state index is -1.01. The van der Waals surface area contributed by atoms with Gasteiger partial charge in [-0.2, -0.15) is 0 Å². The largest absolute Gasteiger partial charge is 0.497 e. The molecule has 1 aliphatic carbocycles. The van der Waals surface area contributed by atoms with Crippen molar-refractivity contribution in [2.75, 3.05) is 20.8 Å². The van der Waals surface area contributed by atoms with Crippen molar-refractivity contribution in [2.24, 2.45) is 5.92 Å². The van der Waals surface area contributed by atoms with Gasteiger partial charge in [-0.25, -0.2) is 4.39 Å². The SMILES string of the molecule is CCOC(=O)[C@@H]1C(=O)C=C(c2cc(OC)cc(OC)c2)C[C@@H]1c1cccc(F)c1. The van der Waals surface area contributed by atoms with E-state index in [0.29, 0.717) is 23.5 Å².